The number of amides is 1. The highest BCUT2D eigenvalue weighted by molar-refractivity contribution is 5.85. The van der Waals surface area contributed by atoms with Crippen molar-refractivity contribution in [3.63, 3.8) is 0 Å². The molecular formula is C16H21ClF2N2O. The van der Waals surface area contributed by atoms with Crippen molar-refractivity contribution >= 4 is 18.3 Å². The van der Waals surface area contributed by atoms with Gasteiger partial charge in [0, 0.05) is 23.9 Å². The molecule has 1 aromatic carbocycles. The summed E-state index contributed by atoms with van der Waals surface area (Å²) in [4.78, 5) is 11.9. The lowest BCUT2D eigenvalue weighted by Crippen LogP contribution is -2.27. The number of hydrogen-bond acceptors (Lipinski definition) is 2. The molecule has 122 valence electrons. The molecule has 1 aliphatic heterocycles. The van der Waals surface area contributed by atoms with Crippen LogP contribution < -0.4 is 10.6 Å². The first-order valence-corrected chi connectivity index (χ1v) is 7.59. The number of benzene rings is 1. The predicted molar refractivity (Wildman–Crippen MR) is 83.1 cm³/mol. The van der Waals surface area contributed by atoms with E-state index in [2.05, 4.69) is 10.6 Å². The first-order chi connectivity index (χ1) is 10.1. The smallest absolute Gasteiger partial charge is 0.220 e. The minimum absolute atomic E-state index is 0. The third-order valence-corrected chi connectivity index (χ3v) is 4.45. The molecule has 0 aromatic heterocycles. The molecule has 2 aliphatic rings. The Hall–Kier alpha value is -1.20. The van der Waals surface area contributed by atoms with Gasteiger partial charge in [0.25, 0.3) is 0 Å². The lowest BCUT2D eigenvalue weighted by atomic mass is 10.0. The van der Waals surface area contributed by atoms with Crippen molar-refractivity contribution < 1.29 is 13.6 Å². The Balaban J connectivity index is 0.00000176. The fourth-order valence-electron chi connectivity index (χ4n) is 3.11. The summed E-state index contributed by atoms with van der Waals surface area (Å²) < 4.78 is 27.3. The van der Waals surface area contributed by atoms with Crippen molar-refractivity contribution in [2.45, 2.75) is 37.6 Å². The second kappa shape index (κ2) is 7.38. The fraction of sp³-hybridized carbons (Fsp3) is 0.562. The Morgan fingerprint density at radius 3 is 2.68 bits per heavy atom. The van der Waals surface area contributed by atoms with Gasteiger partial charge >= 0.3 is 0 Å². The van der Waals surface area contributed by atoms with Gasteiger partial charge in [-0.3, -0.25) is 4.79 Å². The molecule has 1 aromatic rings. The van der Waals surface area contributed by atoms with E-state index < -0.39 is 11.6 Å². The van der Waals surface area contributed by atoms with Crippen LogP contribution in [0.1, 0.15) is 37.2 Å². The van der Waals surface area contributed by atoms with Crippen molar-refractivity contribution in [3.05, 3.63) is 35.4 Å². The van der Waals surface area contributed by atoms with Gasteiger partial charge in [0.15, 0.2) is 0 Å². The van der Waals surface area contributed by atoms with Crippen LogP contribution in [0, 0.1) is 17.6 Å². The van der Waals surface area contributed by atoms with Crippen LogP contribution in [0.2, 0.25) is 0 Å². The lowest BCUT2D eigenvalue weighted by molar-refractivity contribution is -0.121. The van der Waals surface area contributed by atoms with E-state index in [-0.39, 0.29) is 35.8 Å². The Morgan fingerprint density at radius 1 is 1.32 bits per heavy atom. The minimum Gasteiger partial charge on any atom is -0.353 e. The summed E-state index contributed by atoms with van der Waals surface area (Å²) in [6.45, 7) is 2.02. The van der Waals surface area contributed by atoms with Gasteiger partial charge in [0.2, 0.25) is 5.91 Å². The standard InChI is InChI=1S/C16H20F2N2O.ClH/c17-12-2-1-3-13(18)16(12)11-8-14(11)20-15(21)5-4-10-6-7-19-9-10;/h1-3,10-11,14,19H,4-9H2,(H,20,21);1H. The molecule has 6 heteroatoms. The maximum absolute atomic E-state index is 13.6. The Morgan fingerprint density at radius 2 is 2.05 bits per heavy atom. The van der Waals surface area contributed by atoms with Crippen molar-refractivity contribution in [3.8, 4) is 0 Å². The van der Waals surface area contributed by atoms with E-state index in [1.807, 2.05) is 0 Å². The molecule has 3 unspecified atom stereocenters. The third kappa shape index (κ3) is 3.96. The zero-order valence-corrected chi connectivity index (χ0v) is 13.1. The quantitative estimate of drug-likeness (QED) is 0.871. The van der Waals surface area contributed by atoms with Crippen LogP contribution in [0.15, 0.2) is 18.2 Å². The lowest BCUT2D eigenvalue weighted by Gasteiger charge is -2.09. The SMILES string of the molecule is Cl.O=C(CCC1CCNC1)NC1CC1c1c(F)cccc1F. The summed E-state index contributed by atoms with van der Waals surface area (Å²) in [6, 6.07) is 3.77. The van der Waals surface area contributed by atoms with Gasteiger partial charge in [-0.05, 0) is 50.4 Å². The van der Waals surface area contributed by atoms with Crippen LogP contribution in [0.4, 0.5) is 8.78 Å². The summed E-state index contributed by atoms with van der Waals surface area (Å²) in [6.07, 6.45) is 3.12. The highest BCUT2D eigenvalue weighted by atomic mass is 35.5. The summed E-state index contributed by atoms with van der Waals surface area (Å²) in [5.41, 5.74) is 0.114. The highest BCUT2D eigenvalue weighted by Gasteiger charge is 2.42. The van der Waals surface area contributed by atoms with Crippen LogP contribution in [-0.4, -0.2) is 25.0 Å². The zero-order chi connectivity index (χ0) is 14.8. The van der Waals surface area contributed by atoms with Gasteiger partial charge in [-0.1, -0.05) is 6.07 Å². The average molecular weight is 331 g/mol. The molecule has 3 nitrogen and oxygen atoms in total. The summed E-state index contributed by atoms with van der Waals surface area (Å²) in [5, 5.41) is 6.16. The molecule has 3 rings (SSSR count). The molecule has 22 heavy (non-hydrogen) atoms. The third-order valence-electron chi connectivity index (χ3n) is 4.45. The summed E-state index contributed by atoms with van der Waals surface area (Å²) >= 11 is 0. The Bertz CT molecular complexity index is 515. The zero-order valence-electron chi connectivity index (χ0n) is 12.3. The molecule has 0 bridgehead atoms. The average Bonchev–Trinajstić information content (AvgIpc) is 2.99. The molecule has 0 radical (unpaired) electrons. The number of carbonyl (C=O) groups is 1. The van der Waals surface area contributed by atoms with E-state index in [9.17, 15) is 13.6 Å². The Kier molecular flexibility index (Phi) is 5.75. The van der Waals surface area contributed by atoms with Gasteiger partial charge in [-0.15, -0.1) is 12.4 Å². The van der Waals surface area contributed by atoms with Crippen LogP contribution >= 0.6 is 12.4 Å². The highest BCUT2D eigenvalue weighted by Crippen LogP contribution is 2.43. The second-order valence-electron chi connectivity index (χ2n) is 6.05. The minimum atomic E-state index is -0.520. The maximum atomic E-state index is 13.6. The van der Waals surface area contributed by atoms with E-state index in [1.165, 1.54) is 18.2 Å². The molecular weight excluding hydrogens is 310 g/mol. The van der Waals surface area contributed by atoms with E-state index in [1.54, 1.807) is 0 Å². The molecule has 1 heterocycles. The van der Waals surface area contributed by atoms with Crippen LogP contribution in [0.5, 0.6) is 0 Å². The number of halogens is 3. The molecule has 1 saturated carbocycles. The topological polar surface area (TPSA) is 41.1 Å². The van der Waals surface area contributed by atoms with Crippen LogP contribution in [-0.2, 0) is 4.79 Å². The van der Waals surface area contributed by atoms with E-state index in [0.29, 0.717) is 18.8 Å². The molecule has 1 saturated heterocycles. The molecule has 1 aliphatic carbocycles. The van der Waals surface area contributed by atoms with Gasteiger partial charge in [-0.25, -0.2) is 8.78 Å². The van der Waals surface area contributed by atoms with E-state index >= 15 is 0 Å². The normalized spacial score (nSPS) is 26.4. The van der Waals surface area contributed by atoms with Crippen molar-refractivity contribution in [1.82, 2.24) is 10.6 Å². The van der Waals surface area contributed by atoms with Gasteiger partial charge < -0.3 is 10.6 Å². The maximum Gasteiger partial charge on any atom is 0.220 e. The van der Waals surface area contributed by atoms with Gasteiger partial charge in [0.05, 0.1) is 0 Å². The molecule has 3 atom stereocenters. The second-order valence-corrected chi connectivity index (χ2v) is 6.05. The van der Waals surface area contributed by atoms with Crippen LogP contribution in [0.25, 0.3) is 0 Å². The van der Waals surface area contributed by atoms with Gasteiger partial charge in [0.1, 0.15) is 11.6 Å². The summed E-state index contributed by atoms with van der Waals surface area (Å²) in [7, 11) is 0. The number of hydrogen-bond donors (Lipinski definition) is 2. The van der Waals surface area contributed by atoms with Crippen molar-refractivity contribution in [2.24, 2.45) is 5.92 Å². The monoisotopic (exact) mass is 330 g/mol. The molecule has 2 N–H and O–H groups in total. The van der Waals surface area contributed by atoms with Crippen molar-refractivity contribution in [1.29, 1.82) is 0 Å². The Labute approximate surface area is 135 Å². The number of carbonyl (C=O) groups excluding carboxylic acids is 1. The molecule has 0 spiro atoms. The van der Waals surface area contributed by atoms with Gasteiger partial charge in [-0.2, -0.15) is 0 Å². The van der Waals surface area contributed by atoms with Crippen LogP contribution in [0.3, 0.4) is 0 Å². The largest absolute Gasteiger partial charge is 0.353 e. The number of rotatable bonds is 5. The summed E-state index contributed by atoms with van der Waals surface area (Å²) in [5.74, 6) is -0.688. The van der Waals surface area contributed by atoms with E-state index in [4.69, 9.17) is 0 Å². The van der Waals surface area contributed by atoms with E-state index in [0.717, 1.165) is 25.9 Å². The molecule has 1 amide bonds. The number of nitrogens with one attached hydrogen (secondary N) is 2. The first-order valence-electron chi connectivity index (χ1n) is 7.59. The van der Waals surface area contributed by atoms with Crippen molar-refractivity contribution in [2.75, 3.05) is 13.1 Å². The predicted octanol–water partition coefficient (Wildman–Crippen LogP) is 2.75. The first kappa shape index (κ1) is 17.2. The molecule has 2 fully saturated rings. The fourth-order valence-corrected chi connectivity index (χ4v) is 3.11.